The molecule has 0 aliphatic carbocycles. The first-order chi connectivity index (χ1) is 13.4. The SMILES string of the molecule is Cc1ccc2c(c1)C(=O)NCC1(CCN(C(=O)c3c(F)cccc3F)CC1)O2. The molecule has 0 unspecified atom stereocenters. The summed E-state index contributed by atoms with van der Waals surface area (Å²) in [4.78, 5) is 26.4. The first kappa shape index (κ1) is 18.4. The van der Waals surface area contributed by atoms with Gasteiger partial charge in [0.1, 0.15) is 28.5 Å². The van der Waals surface area contributed by atoms with Crippen molar-refractivity contribution in [3.8, 4) is 5.75 Å². The van der Waals surface area contributed by atoms with Crippen LogP contribution in [-0.4, -0.2) is 41.9 Å². The number of nitrogens with one attached hydrogen (secondary N) is 1. The lowest BCUT2D eigenvalue weighted by atomic mass is 9.90. The molecule has 1 spiro atoms. The van der Waals surface area contributed by atoms with Crippen LogP contribution in [0.4, 0.5) is 8.78 Å². The number of likely N-dealkylation sites (tertiary alicyclic amines) is 1. The normalized spacial score (nSPS) is 18.1. The summed E-state index contributed by atoms with van der Waals surface area (Å²) in [5, 5.41) is 2.90. The van der Waals surface area contributed by atoms with E-state index in [4.69, 9.17) is 4.74 Å². The van der Waals surface area contributed by atoms with Gasteiger partial charge in [-0.2, -0.15) is 0 Å². The molecule has 1 saturated heterocycles. The van der Waals surface area contributed by atoms with Gasteiger partial charge in [0.2, 0.25) is 0 Å². The number of hydrogen-bond acceptors (Lipinski definition) is 3. The molecule has 2 amide bonds. The lowest BCUT2D eigenvalue weighted by Crippen LogP contribution is -2.54. The number of carbonyl (C=O) groups excluding carboxylic acids is 2. The monoisotopic (exact) mass is 386 g/mol. The van der Waals surface area contributed by atoms with Crippen molar-refractivity contribution in [3.05, 3.63) is 64.7 Å². The Hall–Kier alpha value is -2.96. The highest BCUT2D eigenvalue weighted by Crippen LogP contribution is 2.34. The molecule has 0 aromatic heterocycles. The molecular formula is C21H20F2N2O3. The maximum atomic E-state index is 13.9. The van der Waals surface area contributed by atoms with Crippen molar-refractivity contribution in [2.75, 3.05) is 19.6 Å². The third-order valence-corrected chi connectivity index (χ3v) is 5.42. The van der Waals surface area contributed by atoms with Gasteiger partial charge in [-0.25, -0.2) is 8.78 Å². The van der Waals surface area contributed by atoms with Gasteiger partial charge < -0.3 is 15.0 Å². The molecule has 2 aromatic carbocycles. The Kier molecular flexibility index (Phi) is 4.53. The molecule has 7 heteroatoms. The Balaban J connectivity index is 1.53. The quantitative estimate of drug-likeness (QED) is 0.820. The highest BCUT2D eigenvalue weighted by atomic mass is 19.1. The summed E-state index contributed by atoms with van der Waals surface area (Å²) in [7, 11) is 0. The lowest BCUT2D eigenvalue weighted by molar-refractivity contribution is 0.00742. The van der Waals surface area contributed by atoms with Crippen LogP contribution in [-0.2, 0) is 0 Å². The zero-order valence-corrected chi connectivity index (χ0v) is 15.4. The van der Waals surface area contributed by atoms with E-state index in [2.05, 4.69) is 5.32 Å². The number of nitrogens with zero attached hydrogens (tertiary/aromatic N) is 1. The van der Waals surface area contributed by atoms with Crippen LogP contribution in [0.2, 0.25) is 0 Å². The fraction of sp³-hybridized carbons (Fsp3) is 0.333. The Morgan fingerprint density at radius 3 is 2.50 bits per heavy atom. The number of fused-ring (bicyclic) bond motifs is 1. The zero-order chi connectivity index (χ0) is 19.9. The first-order valence-electron chi connectivity index (χ1n) is 9.20. The number of rotatable bonds is 1. The molecule has 4 rings (SSSR count). The van der Waals surface area contributed by atoms with E-state index >= 15 is 0 Å². The third-order valence-electron chi connectivity index (χ3n) is 5.42. The predicted octanol–water partition coefficient (Wildman–Crippen LogP) is 3.07. The number of hydrogen-bond donors (Lipinski definition) is 1. The van der Waals surface area contributed by atoms with Crippen molar-refractivity contribution < 1.29 is 23.1 Å². The minimum Gasteiger partial charge on any atom is -0.484 e. The van der Waals surface area contributed by atoms with Gasteiger partial charge >= 0.3 is 0 Å². The van der Waals surface area contributed by atoms with Crippen LogP contribution >= 0.6 is 0 Å². The van der Waals surface area contributed by atoms with E-state index in [-0.39, 0.29) is 19.0 Å². The van der Waals surface area contributed by atoms with Crippen LogP contribution in [0.15, 0.2) is 36.4 Å². The molecule has 2 heterocycles. The van der Waals surface area contributed by atoms with Crippen molar-refractivity contribution in [2.24, 2.45) is 0 Å². The fourth-order valence-corrected chi connectivity index (χ4v) is 3.77. The van der Waals surface area contributed by atoms with Crippen LogP contribution in [0, 0.1) is 18.6 Å². The molecule has 0 atom stereocenters. The molecular weight excluding hydrogens is 366 g/mol. The van der Waals surface area contributed by atoms with Crippen LogP contribution in [0.5, 0.6) is 5.75 Å². The van der Waals surface area contributed by atoms with E-state index in [0.29, 0.717) is 30.7 Å². The Morgan fingerprint density at radius 1 is 1.14 bits per heavy atom. The van der Waals surface area contributed by atoms with Crippen molar-refractivity contribution in [3.63, 3.8) is 0 Å². The van der Waals surface area contributed by atoms with Crippen LogP contribution in [0.3, 0.4) is 0 Å². The minimum atomic E-state index is -0.868. The van der Waals surface area contributed by atoms with E-state index in [1.165, 1.54) is 11.0 Å². The summed E-state index contributed by atoms with van der Waals surface area (Å²) in [5.41, 5.74) is 0.264. The van der Waals surface area contributed by atoms with E-state index in [0.717, 1.165) is 17.7 Å². The maximum absolute atomic E-state index is 13.9. The summed E-state index contributed by atoms with van der Waals surface area (Å²) >= 11 is 0. The van der Waals surface area contributed by atoms with Crippen LogP contribution in [0.1, 0.15) is 39.1 Å². The summed E-state index contributed by atoms with van der Waals surface area (Å²) in [6.45, 7) is 2.78. The largest absolute Gasteiger partial charge is 0.484 e. The molecule has 1 N–H and O–H groups in total. The Bertz CT molecular complexity index is 932. The predicted molar refractivity (Wildman–Crippen MR) is 98.4 cm³/mol. The van der Waals surface area contributed by atoms with Gasteiger partial charge in [-0.05, 0) is 31.2 Å². The minimum absolute atomic E-state index is 0.192. The highest BCUT2D eigenvalue weighted by molar-refractivity contribution is 5.97. The topological polar surface area (TPSA) is 58.6 Å². The molecule has 0 bridgehead atoms. The van der Waals surface area contributed by atoms with Gasteiger partial charge in [0, 0.05) is 25.9 Å². The number of piperidine rings is 1. The van der Waals surface area contributed by atoms with E-state index < -0.39 is 28.7 Å². The van der Waals surface area contributed by atoms with Gasteiger partial charge in [0.05, 0.1) is 12.1 Å². The number of aryl methyl sites for hydroxylation is 1. The van der Waals surface area contributed by atoms with Crippen molar-refractivity contribution >= 4 is 11.8 Å². The van der Waals surface area contributed by atoms with E-state index in [9.17, 15) is 18.4 Å². The summed E-state index contributed by atoms with van der Waals surface area (Å²) in [6, 6.07) is 8.82. The van der Waals surface area contributed by atoms with E-state index in [1.807, 2.05) is 13.0 Å². The number of ether oxygens (including phenoxy) is 1. The van der Waals surface area contributed by atoms with Crippen molar-refractivity contribution in [1.29, 1.82) is 0 Å². The average molecular weight is 386 g/mol. The second-order valence-electron chi connectivity index (χ2n) is 7.36. The average Bonchev–Trinajstić information content (AvgIpc) is 2.80. The van der Waals surface area contributed by atoms with Crippen molar-refractivity contribution in [1.82, 2.24) is 10.2 Å². The van der Waals surface area contributed by atoms with Crippen LogP contribution in [0.25, 0.3) is 0 Å². The lowest BCUT2D eigenvalue weighted by Gasteiger charge is -2.41. The van der Waals surface area contributed by atoms with Gasteiger partial charge in [-0.15, -0.1) is 0 Å². The van der Waals surface area contributed by atoms with Gasteiger partial charge in [-0.3, -0.25) is 9.59 Å². The number of amides is 2. The summed E-state index contributed by atoms with van der Waals surface area (Å²) in [5.74, 6) is -2.08. The molecule has 2 aliphatic rings. The first-order valence-corrected chi connectivity index (χ1v) is 9.20. The van der Waals surface area contributed by atoms with Gasteiger partial charge in [0.25, 0.3) is 11.8 Å². The Labute approximate surface area is 161 Å². The number of halogens is 2. The molecule has 1 fully saturated rings. The number of carbonyl (C=O) groups is 2. The molecule has 2 aliphatic heterocycles. The number of benzene rings is 2. The second kappa shape index (κ2) is 6.89. The highest BCUT2D eigenvalue weighted by Gasteiger charge is 2.41. The Morgan fingerprint density at radius 2 is 1.82 bits per heavy atom. The third kappa shape index (κ3) is 3.21. The maximum Gasteiger partial charge on any atom is 0.259 e. The second-order valence-corrected chi connectivity index (χ2v) is 7.36. The standard InChI is InChI=1S/C21H20F2N2O3/c1-13-5-6-17-14(11-13)19(26)24-12-21(28-17)7-9-25(10-8-21)20(27)18-15(22)3-2-4-16(18)23/h2-6,11H,7-10,12H2,1H3,(H,24,26). The van der Waals surface area contributed by atoms with Gasteiger partial charge in [-0.1, -0.05) is 17.7 Å². The smallest absolute Gasteiger partial charge is 0.259 e. The summed E-state index contributed by atoms with van der Waals surface area (Å²) < 4.78 is 34.1. The molecule has 146 valence electrons. The molecule has 2 aromatic rings. The van der Waals surface area contributed by atoms with E-state index in [1.54, 1.807) is 12.1 Å². The summed E-state index contributed by atoms with van der Waals surface area (Å²) in [6.07, 6.45) is 0.894. The molecule has 28 heavy (non-hydrogen) atoms. The molecule has 5 nitrogen and oxygen atoms in total. The van der Waals surface area contributed by atoms with Gasteiger partial charge in [0.15, 0.2) is 0 Å². The fourth-order valence-electron chi connectivity index (χ4n) is 3.77. The zero-order valence-electron chi connectivity index (χ0n) is 15.4. The van der Waals surface area contributed by atoms with Crippen LogP contribution < -0.4 is 10.1 Å². The molecule has 0 radical (unpaired) electrons. The van der Waals surface area contributed by atoms with Crippen molar-refractivity contribution in [2.45, 2.75) is 25.4 Å². The molecule has 0 saturated carbocycles.